The first-order valence-electron chi connectivity index (χ1n) is 6.03. The lowest BCUT2D eigenvalue weighted by atomic mass is 10.2. The maximum atomic E-state index is 3.90. The second-order valence-corrected chi connectivity index (χ2v) is 6.25. The Balaban J connectivity index is 1.80. The average Bonchev–Trinajstić information content (AvgIpc) is 3.09. The minimum atomic E-state index is 0.802. The lowest BCUT2D eigenvalue weighted by Crippen LogP contribution is -2.02. The highest BCUT2D eigenvalue weighted by Crippen LogP contribution is 2.23. The summed E-state index contributed by atoms with van der Waals surface area (Å²) in [7, 11) is 0. The fourth-order valence-electron chi connectivity index (χ4n) is 1.85. The van der Waals surface area contributed by atoms with E-state index in [9.17, 15) is 0 Å². The van der Waals surface area contributed by atoms with Crippen molar-refractivity contribution in [2.24, 2.45) is 0 Å². The van der Waals surface area contributed by atoms with Crippen LogP contribution < -0.4 is 5.32 Å². The molecule has 1 aromatic carbocycles. The fraction of sp³-hybridized carbons (Fsp3) is 0.154. The van der Waals surface area contributed by atoms with Gasteiger partial charge in [-0.3, -0.25) is 0 Å². The Labute approximate surface area is 128 Å². The number of nitrogens with zero attached hydrogens (tertiary/aromatic N) is 4. The van der Waals surface area contributed by atoms with Gasteiger partial charge >= 0.3 is 0 Å². The molecule has 7 heteroatoms. The summed E-state index contributed by atoms with van der Waals surface area (Å²) in [6.07, 6.45) is 1.59. The third kappa shape index (κ3) is 2.88. The van der Waals surface area contributed by atoms with Crippen LogP contribution >= 0.6 is 27.3 Å². The highest BCUT2D eigenvalue weighted by atomic mass is 79.9. The van der Waals surface area contributed by atoms with Crippen molar-refractivity contribution in [1.29, 1.82) is 0 Å². The third-order valence-electron chi connectivity index (χ3n) is 2.91. The minimum Gasteiger partial charge on any atom is -0.380 e. The summed E-state index contributed by atoms with van der Waals surface area (Å²) >= 11 is 5.20. The number of thiophene rings is 1. The molecule has 0 bridgehead atoms. The van der Waals surface area contributed by atoms with Crippen LogP contribution in [0.15, 0.2) is 40.4 Å². The molecule has 2 heterocycles. The molecule has 2 aromatic heterocycles. The number of halogens is 1. The Hall–Kier alpha value is -1.73. The van der Waals surface area contributed by atoms with E-state index < -0.39 is 0 Å². The van der Waals surface area contributed by atoms with Crippen molar-refractivity contribution in [3.8, 4) is 5.69 Å². The van der Waals surface area contributed by atoms with Crippen molar-refractivity contribution in [1.82, 2.24) is 20.2 Å². The normalized spacial score (nSPS) is 10.7. The van der Waals surface area contributed by atoms with Gasteiger partial charge in [0, 0.05) is 27.0 Å². The first kappa shape index (κ1) is 13.3. The van der Waals surface area contributed by atoms with Crippen LogP contribution in [0.5, 0.6) is 0 Å². The Bertz CT molecular complexity index is 707. The molecular formula is C13H12BrN5S. The standard InChI is InChI=1S/C13H12BrN5S/c1-9-2-3-11(19-8-16-17-18-19)5-13(9)15-6-12-4-10(14)7-20-12/h2-5,7-8,15H,6H2,1H3. The van der Waals surface area contributed by atoms with E-state index in [1.807, 2.05) is 12.1 Å². The largest absolute Gasteiger partial charge is 0.380 e. The number of tetrazole rings is 1. The first-order valence-corrected chi connectivity index (χ1v) is 7.70. The number of aryl methyl sites for hydroxylation is 1. The zero-order chi connectivity index (χ0) is 13.9. The number of aromatic nitrogens is 4. The molecule has 3 rings (SSSR count). The van der Waals surface area contributed by atoms with E-state index in [0.717, 1.165) is 22.4 Å². The number of rotatable bonds is 4. The highest BCUT2D eigenvalue weighted by molar-refractivity contribution is 9.10. The number of benzene rings is 1. The Kier molecular flexibility index (Phi) is 3.79. The van der Waals surface area contributed by atoms with Crippen LogP contribution in [-0.4, -0.2) is 20.2 Å². The van der Waals surface area contributed by atoms with E-state index >= 15 is 0 Å². The lowest BCUT2D eigenvalue weighted by molar-refractivity contribution is 0.789. The molecule has 0 radical (unpaired) electrons. The predicted octanol–water partition coefficient (Wildman–Crippen LogP) is 3.41. The lowest BCUT2D eigenvalue weighted by Gasteiger charge is -2.10. The van der Waals surface area contributed by atoms with Crippen molar-refractivity contribution >= 4 is 33.0 Å². The molecule has 0 spiro atoms. The molecule has 0 fully saturated rings. The van der Waals surface area contributed by atoms with Gasteiger partial charge in [0.25, 0.3) is 0 Å². The van der Waals surface area contributed by atoms with Crippen LogP contribution in [0, 0.1) is 6.92 Å². The van der Waals surface area contributed by atoms with Crippen LogP contribution in [0.25, 0.3) is 5.69 Å². The molecule has 0 aliphatic carbocycles. The van der Waals surface area contributed by atoms with Crippen LogP contribution in [-0.2, 0) is 6.54 Å². The Morgan fingerprint density at radius 2 is 2.25 bits per heavy atom. The number of nitrogens with one attached hydrogen (secondary N) is 1. The molecule has 0 unspecified atom stereocenters. The van der Waals surface area contributed by atoms with Crippen LogP contribution in [0.4, 0.5) is 5.69 Å². The minimum absolute atomic E-state index is 0.802. The van der Waals surface area contributed by atoms with E-state index in [4.69, 9.17) is 0 Å². The van der Waals surface area contributed by atoms with Crippen molar-refractivity contribution < 1.29 is 0 Å². The zero-order valence-electron chi connectivity index (χ0n) is 10.7. The van der Waals surface area contributed by atoms with Crippen LogP contribution in [0.3, 0.4) is 0 Å². The SMILES string of the molecule is Cc1ccc(-n2cnnn2)cc1NCc1cc(Br)cs1. The molecule has 0 aliphatic rings. The molecule has 5 nitrogen and oxygen atoms in total. The van der Waals surface area contributed by atoms with Crippen molar-refractivity contribution in [3.05, 3.63) is 50.9 Å². The number of anilines is 1. The first-order chi connectivity index (χ1) is 9.72. The van der Waals surface area contributed by atoms with E-state index in [1.54, 1.807) is 22.3 Å². The number of hydrogen-bond acceptors (Lipinski definition) is 5. The molecule has 0 aliphatic heterocycles. The van der Waals surface area contributed by atoms with E-state index in [0.29, 0.717) is 0 Å². The van der Waals surface area contributed by atoms with Gasteiger partial charge in [0.05, 0.1) is 5.69 Å². The van der Waals surface area contributed by atoms with Gasteiger partial charge in [-0.2, -0.15) is 0 Å². The van der Waals surface area contributed by atoms with Gasteiger partial charge in [0.1, 0.15) is 6.33 Å². The van der Waals surface area contributed by atoms with Gasteiger partial charge < -0.3 is 5.32 Å². The summed E-state index contributed by atoms with van der Waals surface area (Å²) in [6, 6.07) is 8.23. The summed E-state index contributed by atoms with van der Waals surface area (Å²) in [5, 5.41) is 16.8. The van der Waals surface area contributed by atoms with Crippen LogP contribution in [0.1, 0.15) is 10.4 Å². The second-order valence-electron chi connectivity index (χ2n) is 4.34. The van der Waals surface area contributed by atoms with E-state index in [2.05, 4.69) is 61.2 Å². The average molecular weight is 350 g/mol. The van der Waals surface area contributed by atoms with Gasteiger partial charge in [-0.05, 0) is 57.0 Å². The molecular weight excluding hydrogens is 338 g/mol. The van der Waals surface area contributed by atoms with Crippen molar-refractivity contribution in [2.75, 3.05) is 5.32 Å². The molecule has 0 saturated heterocycles. The maximum absolute atomic E-state index is 3.90. The quantitative estimate of drug-likeness (QED) is 0.784. The van der Waals surface area contributed by atoms with Gasteiger partial charge in [-0.25, -0.2) is 4.68 Å². The topological polar surface area (TPSA) is 55.6 Å². The van der Waals surface area contributed by atoms with Crippen molar-refractivity contribution in [2.45, 2.75) is 13.5 Å². The Morgan fingerprint density at radius 1 is 1.35 bits per heavy atom. The molecule has 102 valence electrons. The molecule has 0 atom stereocenters. The van der Waals surface area contributed by atoms with Crippen molar-refractivity contribution in [3.63, 3.8) is 0 Å². The summed E-state index contributed by atoms with van der Waals surface area (Å²) in [5.74, 6) is 0. The van der Waals surface area contributed by atoms with Gasteiger partial charge in [-0.15, -0.1) is 16.4 Å². The van der Waals surface area contributed by atoms with E-state index in [-0.39, 0.29) is 0 Å². The predicted molar refractivity (Wildman–Crippen MR) is 83.2 cm³/mol. The summed E-state index contributed by atoms with van der Waals surface area (Å²) in [5.41, 5.74) is 3.22. The smallest absolute Gasteiger partial charge is 0.143 e. The maximum Gasteiger partial charge on any atom is 0.143 e. The van der Waals surface area contributed by atoms with Crippen LogP contribution in [0.2, 0.25) is 0 Å². The monoisotopic (exact) mass is 349 g/mol. The summed E-state index contributed by atoms with van der Waals surface area (Å²) in [4.78, 5) is 1.28. The van der Waals surface area contributed by atoms with Gasteiger partial charge in [0.2, 0.25) is 0 Å². The summed E-state index contributed by atoms with van der Waals surface area (Å²) in [6.45, 7) is 2.88. The molecule has 20 heavy (non-hydrogen) atoms. The molecule has 3 aromatic rings. The third-order valence-corrected chi connectivity index (χ3v) is 4.61. The van der Waals surface area contributed by atoms with Gasteiger partial charge in [0.15, 0.2) is 0 Å². The molecule has 0 amide bonds. The summed E-state index contributed by atoms with van der Waals surface area (Å²) < 4.78 is 2.77. The zero-order valence-corrected chi connectivity index (χ0v) is 13.1. The molecule has 0 saturated carbocycles. The fourth-order valence-corrected chi connectivity index (χ4v) is 3.24. The second kappa shape index (κ2) is 5.72. The van der Waals surface area contributed by atoms with E-state index in [1.165, 1.54) is 10.4 Å². The molecule has 1 N–H and O–H groups in total. The Morgan fingerprint density at radius 3 is 2.95 bits per heavy atom. The van der Waals surface area contributed by atoms with Gasteiger partial charge in [-0.1, -0.05) is 6.07 Å². The highest BCUT2D eigenvalue weighted by Gasteiger charge is 2.04. The number of hydrogen-bond donors (Lipinski definition) is 1.